The van der Waals surface area contributed by atoms with E-state index in [1.165, 1.54) is 16.3 Å². The zero-order chi connectivity index (χ0) is 19.9. The van der Waals surface area contributed by atoms with Crippen molar-refractivity contribution in [1.29, 1.82) is 0 Å². The number of amides is 2. The molecule has 1 fully saturated rings. The fourth-order valence-electron chi connectivity index (χ4n) is 3.99. The summed E-state index contributed by atoms with van der Waals surface area (Å²) < 4.78 is 0. The third-order valence-electron chi connectivity index (χ3n) is 5.54. The van der Waals surface area contributed by atoms with E-state index in [4.69, 9.17) is 5.11 Å². The van der Waals surface area contributed by atoms with Gasteiger partial charge in [0.05, 0.1) is 6.54 Å². The van der Waals surface area contributed by atoms with Crippen molar-refractivity contribution >= 4 is 22.8 Å². The molecule has 2 aromatic carbocycles. The first-order chi connectivity index (χ1) is 13.5. The Hall–Kier alpha value is -2.60. The second kappa shape index (κ2) is 9.55. The van der Waals surface area contributed by atoms with E-state index in [1.807, 2.05) is 29.0 Å². The van der Waals surface area contributed by atoms with Crippen LogP contribution in [0.15, 0.2) is 42.5 Å². The number of hydrogen-bond acceptors (Lipinski definition) is 3. The van der Waals surface area contributed by atoms with Crippen LogP contribution in [0.25, 0.3) is 10.8 Å². The number of nitrogens with one attached hydrogen (secondary N) is 1. The number of likely N-dealkylation sites (tertiary alicyclic amines) is 1. The van der Waals surface area contributed by atoms with Crippen molar-refractivity contribution in [1.82, 2.24) is 15.1 Å². The number of carbonyl (C=O) groups excluding carboxylic acids is 1. The maximum Gasteiger partial charge on any atom is 0.317 e. The second-order valence-corrected chi connectivity index (χ2v) is 7.50. The zero-order valence-electron chi connectivity index (χ0n) is 16.4. The summed E-state index contributed by atoms with van der Waals surface area (Å²) in [5.41, 5.74) is 1.24. The molecule has 3 rings (SSSR count). The number of urea groups is 1. The first-order valence-electron chi connectivity index (χ1n) is 9.96. The molecule has 150 valence electrons. The Morgan fingerprint density at radius 3 is 2.75 bits per heavy atom. The Morgan fingerprint density at radius 2 is 1.93 bits per heavy atom. The fourth-order valence-corrected chi connectivity index (χ4v) is 3.99. The van der Waals surface area contributed by atoms with Crippen LogP contribution < -0.4 is 5.32 Å². The summed E-state index contributed by atoms with van der Waals surface area (Å²) in [5, 5.41) is 14.5. The van der Waals surface area contributed by atoms with Crippen LogP contribution in [-0.2, 0) is 11.2 Å². The van der Waals surface area contributed by atoms with Crippen LogP contribution in [0, 0.1) is 0 Å². The number of carbonyl (C=O) groups is 2. The number of benzene rings is 2. The highest BCUT2D eigenvalue weighted by Crippen LogP contribution is 2.19. The van der Waals surface area contributed by atoms with Gasteiger partial charge in [0.1, 0.15) is 0 Å². The van der Waals surface area contributed by atoms with Gasteiger partial charge in [-0.3, -0.25) is 9.69 Å². The first-order valence-corrected chi connectivity index (χ1v) is 9.96. The smallest absolute Gasteiger partial charge is 0.317 e. The molecule has 2 amide bonds. The number of aliphatic carboxylic acids is 1. The summed E-state index contributed by atoms with van der Waals surface area (Å²) >= 11 is 0. The molecule has 0 bridgehead atoms. The Morgan fingerprint density at radius 1 is 1.14 bits per heavy atom. The Labute approximate surface area is 166 Å². The Bertz CT molecular complexity index is 818. The molecule has 28 heavy (non-hydrogen) atoms. The van der Waals surface area contributed by atoms with E-state index in [0.717, 1.165) is 32.2 Å². The molecule has 0 saturated carbocycles. The van der Waals surface area contributed by atoms with Crippen LogP contribution in [0.2, 0.25) is 0 Å². The topological polar surface area (TPSA) is 72.9 Å². The van der Waals surface area contributed by atoms with Gasteiger partial charge in [0, 0.05) is 25.7 Å². The van der Waals surface area contributed by atoms with E-state index in [9.17, 15) is 9.59 Å². The van der Waals surface area contributed by atoms with E-state index in [2.05, 4.69) is 35.6 Å². The predicted molar refractivity (Wildman–Crippen MR) is 111 cm³/mol. The summed E-state index contributed by atoms with van der Waals surface area (Å²) in [6.45, 7) is 2.03. The Kier molecular flexibility index (Phi) is 6.87. The maximum absolute atomic E-state index is 12.6. The fraction of sp³-hybridized carbons (Fsp3) is 0.455. The van der Waals surface area contributed by atoms with Gasteiger partial charge in [-0.25, -0.2) is 4.79 Å². The van der Waals surface area contributed by atoms with E-state index in [0.29, 0.717) is 13.1 Å². The van der Waals surface area contributed by atoms with Crippen LogP contribution in [-0.4, -0.2) is 66.2 Å². The lowest BCUT2D eigenvalue weighted by atomic mass is 10.0. The minimum absolute atomic E-state index is 0.0261. The van der Waals surface area contributed by atoms with Crippen LogP contribution in [0.1, 0.15) is 24.8 Å². The van der Waals surface area contributed by atoms with E-state index < -0.39 is 5.97 Å². The third-order valence-corrected chi connectivity index (χ3v) is 5.54. The normalized spacial score (nSPS) is 17.5. The lowest BCUT2D eigenvalue weighted by Crippen LogP contribution is -2.42. The van der Waals surface area contributed by atoms with Crippen molar-refractivity contribution in [3.8, 4) is 0 Å². The number of fused-ring (bicyclic) bond motifs is 1. The highest BCUT2D eigenvalue weighted by Gasteiger charge is 2.23. The monoisotopic (exact) mass is 383 g/mol. The quantitative estimate of drug-likeness (QED) is 0.804. The van der Waals surface area contributed by atoms with Crippen molar-refractivity contribution in [3.05, 3.63) is 48.0 Å². The summed E-state index contributed by atoms with van der Waals surface area (Å²) in [6, 6.07) is 14.8. The van der Waals surface area contributed by atoms with E-state index >= 15 is 0 Å². The van der Waals surface area contributed by atoms with Gasteiger partial charge in [-0.2, -0.15) is 0 Å². The van der Waals surface area contributed by atoms with Crippen LogP contribution >= 0.6 is 0 Å². The van der Waals surface area contributed by atoms with Gasteiger partial charge in [0.15, 0.2) is 0 Å². The van der Waals surface area contributed by atoms with E-state index in [1.54, 1.807) is 0 Å². The zero-order valence-corrected chi connectivity index (χ0v) is 16.4. The number of hydrogen-bond donors (Lipinski definition) is 2. The molecular weight excluding hydrogens is 354 g/mol. The molecule has 0 spiro atoms. The molecular formula is C22H29N3O3. The van der Waals surface area contributed by atoms with Gasteiger partial charge in [0.2, 0.25) is 0 Å². The molecule has 1 aliphatic heterocycles. The first kappa shape index (κ1) is 20.1. The molecule has 1 aliphatic rings. The summed E-state index contributed by atoms with van der Waals surface area (Å²) in [7, 11) is 1.85. The molecule has 1 unspecified atom stereocenters. The number of carboxylic acid groups (broad SMARTS) is 1. The summed E-state index contributed by atoms with van der Waals surface area (Å²) in [6.07, 6.45) is 3.42. The van der Waals surface area contributed by atoms with Crippen molar-refractivity contribution in [2.24, 2.45) is 0 Å². The van der Waals surface area contributed by atoms with Gasteiger partial charge in [-0.05, 0) is 49.1 Å². The minimum atomic E-state index is -0.810. The molecule has 2 aromatic rings. The van der Waals surface area contributed by atoms with Crippen LogP contribution in [0.4, 0.5) is 4.79 Å². The predicted octanol–water partition coefficient (Wildman–Crippen LogP) is 2.96. The number of rotatable bonds is 6. The van der Waals surface area contributed by atoms with Crippen LogP contribution in [0.3, 0.4) is 0 Å². The van der Waals surface area contributed by atoms with Gasteiger partial charge in [0.25, 0.3) is 0 Å². The van der Waals surface area contributed by atoms with Crippen molar-refractivity contribution in [2.75, 3.05) is 33.2 Å². The maximum atomic E-state index is 12.6. The van der Waals surface area contributed by atoms with E-state index in [-0.39, 0.29) is 18.6 Å². The molecule has 0 aromatic heterocycles. The Balaban J connectivity index is 1.49. The highest BCUT2D eigenvalue weighted by molar-refractivity contribution is 5.85. The largest absolute Gasteiger partial charge is 0.480 e. The highest BCUT2D eigenvalue weighted by atomic mass is 16.4. The summed E-state index contributed by atoms with van der Waals surface area (Å²) in [5.74, 6) is -0.810. The minimum Gasteiger partial charge on any atom is -0.480 e. The SMILES string of the molecule is CN(CC(=O)O)C1CCCN(C(=O)NCCc2cccc3ccccc23)CC1. The lowest BCUT2D eigenvalue weighted by molar-refractivity contribution is -0.138. The molecule has 6 nitrogen and oxygen atoms in total. The van der Waals surface area contributed by atoms with Gasteiger partial charge < -0.3 is 15.3 Å². The number of carboxylic acids is 1. The molecule has 6 heteroatoms. The third kappa shape index (κ3) is 5.23. The number of likely N-dealkylation sites (N-methyl/N-ethyl adjacent to an activating group) is 1. The van der Waals surface area contributed by atoms with Crippen molar-refractivity contribution in [2.45, 2.75) is 31.7 Å². The van der Waals surface area contributed by atoms with Crippen molar-refractivity contribution < 1.29 is 14.7 Å². The summed E-state index contributed by atoms with van der Waals surface area (Å²) in [4.78, 5) is 27.2. The molecule has 1 atom stereocenters. The number of nitrogens with zero attached hydrogens (tertiary/aromatic N) is 2. The van der Waals surface area contributed by atoms with Gasteiger partial charge >= 0.3 is 12.0 Å². The average Bonchev–Trinajstić information content (AvgIpc) is 2.94. The molecule has 1 heterocycles. The molecule has 2 N–H and O–H groups in total. The molecule has 0 aliphatic carbocycles. The lowest BCUT2D eigenvalue weighted by Gasteiger charge is -2.25. The molecule has 1 saturated heterocycles. The van der Waals surface area contributed by atoms with Gasteiger partial charge in [-0.1, -0.05) is 42.5 Å². The average molecular weight is 383 g/mol. The van der Waals surface area contributed by atoms with Crippen molar-refractivity contribution in [3.63, 3.8) is 0 Å². The molecule has 0 radical (unpaired) electrons. The standard InChI is InChI=1S/C22H29N3O3/c1-24(16-21(26)27)19-9-5-14-25(15-12-19)22(28)23-13-11-18-8-4-7-17-6-2-3-10-20(17)18/h2-4,6-8,10,19H,5,9,11-16H2,1H3,(H,23,28)(H,26,27). The van der Waals surface area contributed by atoms with Crippen LogP contribution in [0.5, 0.6) is 0 Å². The second-order valence-electron chi connectivity index (χ2n) is 7.50. The van der Waals surface area contributed by atoms with Gasteiger partial charge in [-0.15, -0.1) is 0 Å².